The SMILES string of the molecule is NC(=O)C(=O)C(Cc1ccccn1)NC(=O)c1ocnc1-c1ccccn1. The van der Waals surface area contributed by atoms with Gasteiger partial charge in [-0.3, -0.25) is 24.4 Å². The monoisotopic (exact) mass is 365 g/mol. The van der Waals surface area contributed by atoms with Crippen molar-refractivity contribution in [2.24, 2.45) is 5.73 Å². The molecule has 9 heteroatoms. The van der Waals surface area contributed by atoms with Crippen molar-refractivity contribution in [3.05, 3.63) is 66.6 Å². The zero-order chi connectivity index (χ0) is 19.2. The summed E-state index contributed by atoms with van der Waals surface area (Å²) in [6, 6.07) is 9.03. The van der Waals surface area contributed by atoms with E-state index in [0.29, 0.717) is 11.4 Å². The Labute approximate surface area is 153 Å². The molecule has 0 radical (unpaired) electrons. The van der Waals surface area contributed by atoms with E-state index in [1.54, 1.807) is 48.8 Å². The second kappa shape index (κ2) is 8.00. The van der Waals surface area contributed by atoms with Gasteiger partial charge in [0, 0.05) is 24.5 Å². The second-order valence-corrected chi connectivity index (χ2v) is 5.52. The fourth-order valence-corrected chi connectivity index (χ4v) is 2.43. The van der Waals surface area contributed by atoms with Crippen LogP contribution in [0.25, 0.3) is 11.4 Å². The third-order valence-corrected chi connectivity index (χ3v) is 3.69. The van der Waals surface area contributed by atoms with E-state index in [0.717, 1.165) is 6.39 Å². The number of aromatic nitrogens is 3. The highest BCUT2D eigenvalue weighted by atomic mass is 16.3. The molecule has 3 rings (SSSR count). The zero-order valence-corrected chi connectivity index (χ0v) is 14.0. The van der Waals surface area contributed by atoms with Crippen LogP contribution in [-0.2, 0) is 16.0 Å². The van der Waals surface area contributed by atoms with Gasteiger partial charge in [0.1, 0.15) is 11.7 Å². The Bertz CT molecular complexity index is 956. The number of rotatable bonds is 7. The van der Waals surface area contributed by atoms with Crippen LogP contribution in [-0.4, -0.2) is 38.6 Å². The van der Waals surface area contributed by atoms with E-state index in [-0.39, 0.29) is 17.9 Å². The predicted octanol–water partition coefficient (Wildman–Crippen LogP) is 0.527. The molecule has 1 atom stereocenters. The summed E-state index contributed by atoms with van der Waals surface area (Å²) in [5, 5.41) is 2.47. The Morgan fingerprint density at radius 1 is 1.04 bits per heavy atom. The molecule has 0 aromatic carbocycles. The molecule has 0 spiro atoms. The topological polar surface area (TPSA) is 141 Å². The molecule has 2 amide bonds. The van der Waals surface area contributed by atoms with Gasteiger partial charge in [0.15, 0.2) is 6.39 Å². The molecule has 3 aromatic rings. The standard InChI is InChI=1S/C18H15N5O4/c19-17(25)15(24)13(9-11-5-1-3-7-20-11)23-18(26)16-14(22-10-27-16)12-6-2-4-8-21-12/h1-8,10,13H,9H2,(H2,19,25)(H,23,26). The number of carbonyl (C=O) groups is 3. The van der Waals surface area contributed by atoms with Crippen LogP contribution in [0.5, 0.6) is 0 Å². The van der Waals surface area contributed by atoms with Crippen LogP contribution in [0, 0.1) is 0 Å². The van der Waals surface area contributed by atoms with E-state index in [2.05, 4.69) is 20.3 Å². The number of hydrogen-bond donors (Lipinski definition) is 2. The molecule has 9 nitrogen and oxygen atoms in total. The largest absolute Gasteiger partial charge is 0.438 e. The summed E-state index contributed by atoms with van der Waals surface area (Å²) in [5.74, 6) is -2.94. The summed E-state index contributed by atoms with van der Waals surface area (Å²) >= 11 is 0. The molecule has 0 aliphatic carbocycles. The first-order valence-corrected chi connectivity index (χ1v) is 7.95. The van der Waals surface area contributed by atoms with Crippen LogP contribution >= 0.6 is 0 Å². The van der Waals surface area contributed by atoms with Crippen LogP contribution < -0.4 is 11.1 Å². The number of primary amides is 1. The number of amides is 2. The quantitative estimate of drug-likeness (QED) is 0.582. The molecule has 3 aromatic heterocycles. The van der Waals surface area contributed by atoms with Crippen LogP contribution in [0.15, 0.2) is 59.6 Å². The Balaban J connectivity index is 1.84. The number of nitrogens with one attached hydrogen (secondary N) is 1. The highest BCUT2D eigenvalue weighted by Crippen LogP contribution is 2.19. The van der Waals surface area contributed by atoms with E-state index in [4.69, 9.17) is 10.2 Å². The normalized spacial score (nSPS) is 11.6. The third kappa shape index (κ3) is 4.21. The molecule has 1 unspecified atom stereocenters. The summed E-state index contributed by atoms with van der Waals surface area (Å²) in [6.07, 6.45) is 4.19. The summed E-state index contributed by atoms with van der Waals surface area (Å²) < 4.78 is 5.17. The average molecular weight is 365 g/mol. The average Bonchev–Trinajstić information content (AvgIpc) is 3.18. The Morgan fingerprint density at radius 3 is 2.41 bits per heavy atom. The number of carbonyl (C=O) groups excluding carboxylic acids is 3. The molecular weight excluding hydrogens is 350 g/mol. The molecular formula is C18H15N5O4. The molecule has 136 valence electrons. The van der Waals surface area contributed by atoms with Crippen molar-refractivity contribution in [2.45, 2.75) is 12.5 Å². The van der Waals surface area contributed by atoms with Crippen molar-refractivity contribution < 1.29 is 18.8 Å². The Hall–Kier alpha value is -3.88. The van der Waals surface area contributed by atoms with Gasteiger partial charge in [-0.25, -0.2) is 4.98 Å². The maximum atomic E-state index is 12.6. The fourth-order valence-electron chi connectivity index (χ4n) is 2.43. The van der Waals surface area contributed by atoms with E-state index in [1.807, 2.05) is 0 Å². The van der Waals surface area contributed by atoms with E-state index >= 15 is 0 Å². The van der Waals surface area contributed by atoms with Crippen molar-refractivity contribution in [3.63, 3.8) is 0 Å². The van der Waals surface area contributed by atoms with Crippen LogP contribution in [0.2, 0.25) is 0 Å². The van der Waals surface area contributed by atoms with Crippen molar-refractivity contribution >= 4 is 17.6 Å². The number of hydrogen-bond acceptors (Lipinski definition) is 7. The summed E-state index contributed by atoms with van der Waals surface area (Å²) in [6.45, 7) is 0. The molecule has 3 N–H and O–H groups in total. The molecule has 27 heavy (non-hydrogen) atoms. The van der Waals surface area contributed by atoms with Crippen LogP contribution in [0.3, 0.4) is 0 Å². The molecule has 0 fully saturated rings. The van der Waals surface area contributed by atoms with Crippen molar-refractivity contribution in [1.29, 1.82) is 0 Å². The Kier molecular flexibility index (Phi) is 5.31. The maximum absolute atomic E-state index is 12.6. The van der Waals surface area contributed by atoms with Crippen LogP contribution in [0.1, 0.15) is 16.2 Å². The first-order valence-electron chi connectivity index (χ1n) is 7.95. The zero-order valence-electron chi connectivity index (χ0n) is 14.0. The molecule has 0 saturated heterocycles. The number of Topliss-reactive ketones (excluding diaryl/α,β-unsaturated/α-hetero) is 1. The maximum Gasteiger partial charge on any atom is 0.290 e. The van der Waals surface area contributed by atoms with Gasteiger partial charge in [0.2, 0.25) is 11.5 Å². The van der Waals surface area contributed by atoms with Gasteiger partial charge >= 0.3 is 0 Å². The van der Waals surface area contributed by atoms with Gasteiger partial charge in [-0.2, -0.15) is 0 Å². The smallest absolute Gasteiger partial charge is 0.290 e. The number of ketones is 1. The highest BCUT2D eigenvalue weighted by molar-refractivity contribution is 6.38. The number of nitrogens with two attached hydrogens (primary N) is 1. The molecule has 3 heterocycles. The lowest BCUT2D eigenvalue weighted by atomic mass is 10.1. The summed E-state index contributed by atoms with van der Waals surface area (Å²) in [4.78, 5) is 48.3. The minimum absolute atomic E-state index is 0.00140. The lowest BCUT2D eigenvalue weighted by Gasteiger charge is -2.15. The van der Waals surface area contributed by atoms with Crippen LogP contribution in [0.4, 0.5) is 0 Å². The summed E-state index contributed by atoms with van der Waals surface area (Å²) in [7, 11) is 0. The Morgan fingerprint density at radius 2 is 1.78 bits per heavy atom. The molecule has 0 saturated carbocycles. The van der Waals surface area contributed by atoms with Gasteiger partial charge in [-0.15, -0.1) is 0 Å². The summed E-state index contributed by atoms with van der Waals surface area (Å²) in [5.41, 5.74) is 6.26. The molecule has 0 aliphatic heterocycles. The first-order chi connectivity index (χ1) is 13.1. The third-order valence-electron chi connectivity index (χ3n) is 3.69. The minimum atomic E-state index is -1.19. The van der Waals surface area contributed by atoms with Gasteiger partial charge in [0.25, 0.3) is 11.8 Å². The highest BCUT2D eigenvalue weighted by Gasteiger charge is 2.29. The van der Waals surface area contributed by atoms with Gasteiger partial charge in [0.05, 0.1) is 5.69 Å². The first kappa shape index (κ1) is 17.9. The second-order valence-electron chi connectivity index (χ2n) is 5.52. The predicted molar refractivity (Wildman–Crippen MR) is 93.1 cm³/mol. The van der Waals surface area contributed by atoms with Gasteiger partial charge in [-0.05, 0) is 24.3 Å². The van der Waals surface area contributed by atoms with Crippen molar-refractivity contribution in [1.82, 2.24) is 20.3 Å². The number of pyridine rings is 2. The lowest BCUT2D eigenvalue weighted by Crippen LogP contribution is -2.47. The van der Waals surface area contributed by atoms with Crippen molar-refractivity contribution in [2.75, 3.05) is 0 Å². The van der Waals surface area contributed by atoms with Crippen molar-refractivity contribution in [3.8, 4) is 11.4 Å². The van der Waals surface area contributed by atoms with E-state index in [1.165, 1.54) is 0 Å². The molecule has 0 bridgehead atoms. The van der Waals surface area contributed by atoms with Gasteiger partial charge < -0.3 is 15.5 Å². The number of oxazole rings is 1. The van der Waals surface area contributed by atoms with E-state index < -0.39 is 23.6 Å². The number of nitrogens with zero attached hydrogens (tertiary/aromatic N) is 3. The minimum Gasteiger partial charge on any atom is -0.438 e. The lowest BCUT2D eigenvalue weighted by molar-refractivity contribution is -0.137. The van der Waals surface area contributed by atoms with Gasteiger partial charge in [-0.1, -0.05) is 12.1 Å². The van der Waals surface area contributed by atoms with E-state index in [9.17, 15) is 14.4 Å². The fraction of sp³-hybridized carbons (Fsp3) is 0.111. The molecule has 0 aliphatic rings.